The highest BCUT2D eigenvalue weighted by molar-refractivity contribution is 8.00. The fraction of sp³-hybridized carbons (Fsp3) is 0.462. The van der Waals surface area contributed by atoms with Gasteiger partial charge in [-0.1, -0.05) is 12.1 Å². The van der Waals surface area contributed by atoms with Gasteiger partial charge < -0.3 is 5.32 Å². The van der Waals surface area contributed by atoms with Crippen molar-refractivity contribution < 1.29 is 0 Å². The van der Waals surface area contributed by atoms with E-state index in [1.54, 1.807) is 0 Å². The van der Waals surface area contributed by atoms with Crippen LogP contribution in [-0.2, 0) is 6.54 Å². The van der Waals surface area contributed by atoms with E-state index >= 15 is 0 Å². The van der Waals surface area contributed by atoms with Crippen molar-refractivity contribution in [3.63, 3.8) is 0 Å². The highest BCUT2D eigenvalue weighted by atomic mass is 32.2. The SMILES string of the molecule is N#Cc1ccc(CNCC2CCCS2)cc1. The zero-order chi connectivity index (χ0) is 11.2. The zero-order valence-electron chi connectivity index (χ0n) is 9.28. The molecule has 0 saturated carbocycles. The number of rotatable bonds is 4. The van der Waals surface area contributed by atoms with Gasteiger partial charge in [0.05, 0.1) is 11.6 Å². The molecule has 0 amide bonds. The third-order valence-corrected chi connectivity index (χ3v) is 4.21. The third-order valence-electron chi connectivity index (χ3n) is 2.81. The first kappa shape index (κ1) is 11.5. The van der Waals surface area contributed by atoms with E-state index in [1.807, 2.05) is 24.3 Å². The topological polar surface area (TPSA) is 35.8 Å². The molecule has 3 heteroatoms. The van der Waals surface area contributed by atoms with Gasteiger partial charge in [0.15, 0.2) is 0 Å². The van der Waals surface area contributed by atoms with Gasteiger partial charge in [-0.2, -0.15) is 17.0 Å². The molecule has 1 N–H and O–H groups in total. The van der Waals surface area contributed by atoms with Gasteiger partial charge in [0.1, 0.15) is 0 Å². The largest absolute Gasteiger partial charge is 0.312 e. The third kappa shape index (κ3) is 3.26. The minimum absolute atomic E-state index is 0.732. The summed E-state index contributed by atoms with van der Waals surface area (Å²) in [4.78, 5) is 0. The smallest absolute Gasteiger partial charge is 0.0991 e. The minimum atomic E-state index is 0.732. The fourth-order valence-corrected chi connectivity index (χ4v) is 3.12. The molecule has 1 fully saturated rings. The van der Waals surface area contributed by atoms with Crippen molar-refractivity contribution in [3.05, 3.63) is 35.4 Å². The molecule has 1 aromatic rings. The van der Waals surface area contributed by atoms with E-state index in [0.717, 1.165) is 23.9 Å². The van der Waals surface area contributed by atoms with Gasteiger partial charge in [0.25, 0.3) is 0 Å². The molecule has 1 aromatic carbocycles. The summed E-state index contributed by atoms with van der Waals surface area (Å²) < 4.78 is 0. The monoisotopic (exact) mass is 232 g/mol. The predicted octanol–water partition coefficient (Wildman–Crippen LogP) is 2.54. The van der Waals surface area contributed by atoms with Crippen LogP contribution in [0.5, 0.6) is 0 Å². The lowest BCUT2D eigenvalue weighted by Gasteiger charge is -2.09. The molecule has 1 unspecified atom stereocenters. The van der Waals surface area contributed by atoms with E-state index in [9.17, 15) is 0 Å². The second kappa shape index (κ2) is 5.93. The van der Waals surface area contributed by atoms with E-state index in [4.69, 9.17) is 5.26 Å². The van der Waals surface area contributed by atoms with Crippen molar-refractivity contribution >= 4 is 11.8 Å². The molecule has 2 rings (SSSR count). The second-order valence-electron chi connectivity index (χ2n) is 4.07. The average molecular weight is 232 g/mol. The molecule has 1 aliphatic rings. The number of hydrogen-bond acceptors (Lipinski definition) is 3. The van der Waals surface area contributed by atoms with Crippen LogP contribution in [0.2, 0.25) is 0 Å². The van der Waals surface area contributed by atoms with E-state index in [2.05, 4.69) is 23.1 Å². The van der Waals surface area contributed by atoms with E-state index in [0.29, 0.717) is 0 Å². The summed E-state index contributed by atoms with van der Waals surface area (Å²) in [7, 11) is 0. The molecule has 1 heterocycles. The van der Waals surface area contributed by atoms with Gasteiger partial charge in [-0.25, -0.2) is 0 Å². The maximum absolute atomic E-state index is 8.68. The van der Waals surface area contributed by atoms with Crippen LogP contribution in [0, 0.1) is 11.3 Å². The Morgan fingerprint density at radius 1 is 1.38 bits per heavy atom. The van der Waals surface area contributed by atoms with E-state index < -0.39 is 0 Å². The number of nitrogens with one attached hydrogen (secondary N) is 1. The molecule has 0 aromatic heterocycles. The quantitative estimate of drug-likeness (QED) is 0.866. The Hall–Kier alpha value is -0.980. The average Bonchev–Trinajstić information content (AvgIpc) is 2.83. The van der Waals surface area contributed by atoms with Crippen molar-refractivity contribution in [1.82, 2.24) is 5.32 Å². The van der Waals surface area contributed by atoms with Crippen LogP contribution < -0.4 is 5.32 Å². The van der Waals surface area contributed by atoms with Gasteiger partial charge in [0.2, 0.25) is 0 Å². The maximum Gasteiger partial charge on any atom is 0.0991 e. The summed E-state index contributed by atoms with van der Waals surface area (Å²) in [6, 6.07) is 9.93. The van der Waals surface area contributed by atoms with Crippen molar-refractivity contribution in [3.8, 4) is 6.07 Å². The van der Waals surface area contributed by atoms with Gasteiger partial charge >= 0.3 is 0 Å². The number of nitriles is 1. The molecule has 84 valence electrons. The standard InChI is InChI=1S/C13H16N2S/c14-8-11-3-5-12(6-4-11)9-15-10-13-2-1-7-16-13/h3-6,13,15H,1-2,7,9-10H2. The van der Waals surface area contributed by atoms with Crippen LogP contribution in [0.1, 0.15) is 24.0 Å². The Balaban J connectivity index is 1.74. The van der Waals surface area contributed by atoms with Crippen LogP contribution in [0.4, 0.5) is 0 Å². The lowest BCUT2D eigenvalue weighted by Crippen LogP contribution is -2.22. The molecule has 1 saturated heterocycles. The first-order chi connectivity index (χ1) is 7.88. The first-order valence-electron chi connectivity index (χ1n) is 5.70. The van der Waals surface area contributed by atoms with Gasteiger partial charge in [-0.05, 0) is 36.3 Å². The molecule has 0 aliphatic carbocycles. The number of benzene rings is 1. The molecule has 1 aliphatic heterocycles. The van der Waals surface area contributed by atoms with Gasteiger partial charge in [-0.15, -0.1) is 0 Å². The van der Waals surface area contributed by atoms with Crippen molar-refractivity contribution in [2.45, 2.75) is 24.6 Å². The molecule has 0 bridgehead atoms. The first-order valence-corrected chi connectivity index (χ1v) is 6.75. The molecular formula is C13H16N2S. The highest BCUT2D eigenvalue weighted by Crippen LogP contribution is 2.25. The van der Waals surface area contributed by atoms with Crippen LogP contribution >= 0.6 is 11.8 Å². The highest BCUT2D eigenvalue weighted by Gasteiger charge is 2.14. The Bertz CT molecular complexity index is 361. The normalized spacial score (nSPS) is 19.6. The number of thioether (sulfide) groups is 1. The van der Waals surface area contributed by atoms with E-state index in [-0.39, 0.29) is 0 Å². The van der Waals surface area contributed by atoms with Crippen molar-refractivity contribution in [2.24, 2.45) is 0 Å². The summed E-state index contributed by atoms with van der Waals surface area (Å²) in [5.74, 6) is 1.32. The summed E-state index contributed by atoms with van der Waals surface area (Å²) in [5, 5.41) is 13.0. The predicted molar refractivity (Wildman–Crippen MR) is 68.3 cm³/mol. The van der Waals surface area contributed by atoms with Crippen molar-refractivity contribution in [1.29, 1.82) is 5.26 Å². The van der Waals surface area contributed by atoms with E-state index in [1.165, 1.54) is 24.2 Å². The zero-order valence-corrected chi connectivity index (χ0v) is 10.1. The van der Waals surface area contributed by atoms with Crippen LogP contribution in [-0.4, -0.2) is 17.5 Å². The van der Waals surface area contributed by atoms with Gasteiger partial charge in [-0.3, -0.25) is 0 Å². The molecule has 0 radical (unpaired) electrons. The molecular weight excluding hydrogens is 216 g/mol. The second-order valence-corrected chi connectivity index (χ2v) is 5.48. The molecule has 16 heavy (non-hydrogen) atoms. The lowest BCUT2D eigenvalue weighted by molar-refractivity contribution is 0.646. The maximum atomic E-state index is 8.68. The summed E-state index contributed by atoms with van der Waals surface area (Å²) in [6.07, 6.45) is 2.72. The number of hydrogen-bond donors (Lipinski definition) is 1. The molecule has 0 spiro atoms. The Morgan fingerprint density at radius 3 is 2.81 bits per heavy atom. The minimum Gasteiger partial charge on any atom is -0.312 e. The summed E-state index contributed by atoms with van der Waals surface area (Å²) in [6.45, 7) is 2.01. The Labute approximate surface area is 101 Å². The lowest BCUT2D eigenvalue weighted by atomic mass is 10.1. The van der Waals surface area contributed by atoms with Crippen molar-refractivity contribution in [2.75, 3.05) is 12.3 Å². The van der Waals surface area contributed by atoms with Gasteiger partial charge in [0, 0.05) is 18.3 Å². The van der Waals surface area contributed by atoms with Crippen LogP contribution in [0.3, 0.4) is 0 Å². The van der Waals surface area contributed by atoms with Crippen LogP contribution in [0.25, 0.3) is 0 Å². The fourth-order valence-electron chi connectivity index (χ4n) is 1.88. The summed E-state index contributed by atoms with van der Waals surface area (Å²) >= 11 is 2.08. The molecule has 2 nitrogen and oxygen atoms in total. The summed E-state index contributed by atoms with van der Waals surface area (Å²) in [5.41, 5.74) is 1.98. The Morgan fingerprint density at radius 2 is 2.19 bits per heavy atom. The van der Waals surface area contributed by atoms with Crippen LogP contribution in [0.15, 0.2) is 24.3 Å². The number of nitrogens with zero attached hydrogens (tertiary/aromatic N) is 1. The Kier molecular flexibility index (Phi) is 4.26. The molecule has 1 atom stereocenters.